The number of rotatable bonds is 6. The van der Waals surface area contributed by atoms with Gasteiger partial charge in [0.2, 0.25) is 5.89 Å². The molecular weight excluding hydrogens is 386 g/mol. The van der Waals surface area contributed by atoms with E-state index in [1.165, 1.54) is 5.56 Å². The molecule has 0 amide bonds. The van der Waals surface area contributed by atoms with Gasteiger partial charge >= 0.3 is 0 Å². The molecule has 31 heavy (non-hydrogen) atoms. The Balaban J connectivity index is 1.33. The number of aryl methyl sites for hydroxylation is 1. The fraction of sp³-hybridized carbons (Fsp3) is 0.160. The van der Waals surface area contributed by atoms with E-state index in [0.717, 1.165) is 28.1 Å². The first-order valence-corrected chi connectivity index (χ1v) is 10.2. The van der Waals surface area contributed by atoms with Crippen molar-refractivity contribution in [2.45, 2.75) is 20.0 Å². The monoisotopic (exact) mass is 411 g/mol. The minimum atomic E-state index is 0.517. The van der Waals surface area contributed by atoms with Crippen molar-refractivity contribution in [2.75, 3.05) is 7.05 Å². The average Bonchev–Trinajstić information content (AvgIpc) is 3.29. The van der Waals surface area contributed by atoms with Gasteiger partial charge in [0.25, 0.3) is 0 Å². The summed E-state index contributed by atoms with van der Waals surface area (Å²) in [6, 6.07) is 22.4. The predicted octanol–water partition coefficient (Wildman–Crippen LogP) is 4.58. The molecule has 0 aliphatic carbocycles. The van der Waals surface area contributed by atoms with E-state index in [1.54, 1.807) is 19.5 Å². The quantitative estimate of drug-likeness (QED) is 0.359. The fourth-order valence-corrected chi connectivity index (χ4v) is 3.17. The van der Waals surface area contributed by atoms with Crippen LogP contribution in [0.2, 0.25) is 0 Å². The van der Waals surface area contributed by atoms with Crippen LogP contribution in [0.5, 0.6) is 0 Å². The zero-order valence-electron chi connectivity index (χ0n) is 17.7. The van der Waals surface area contributed by atoms with Crippen LogP contribution < -0.4 is 10.6 Å². The van der Waals surface area contributed by atoms with Gasteiger partial charge in [-0.3, -0.25) is 9.98 Å². The van der Waals surface area contributed by atoms with Crippen LogP contribution in [0.15, 0.2) is 88.6 Å². The number of oxazole rings is 1. The zero-order valence-corrected chi connectivity index (χ0v) is 17.7. The Morgan fingerprint density at radius 2 is 1.77 bits per heavy atom. The molecule has 4 aromatic rings. The van der Waals surface area contributed by atoms with Crippen molar-refractivity contribution in [1.82, 2.24) is 20.6 Å². The summed E-state index contributed by atoms with van der Waals surface area (Å²) in [5.74, 6) is 1.31. The van der Waals surface area contributed by atoms with Crippen LogP contribution in [0.4, 0.5) is 0 Å². The maximum absolute atomic E-state index is 5.62. The summed E-state index contributed by atoms with van der Waals surface area (Å²) in [4.78, 5) is 13.3. The first kappa shape index (κ1) is 20.3. The molecule has 0 aliphatic heterocycles. The molecule has 0 spiro atoms. The molecule has 2 heterocycles. The molecule has 0 fully saturated rings. The number of hydrogen-bond acceptors (Lipinski definition) is 4. The van der Waals surface area contributed by atoms with E-state index in [-0.39, 0.29) is 0 Å². The van der Waals surface area contributed by atoms with E-state index in [2.05, 4.69) is 50.7 Å². The van der Waals surface area contributed by atoms with Gasteiger partial charge < -0.3 is 15.1 Å². The van der Waals surface area contributed by atoms with Crippen molar-refractivity contribution in [2.24, 2.45) is 4.99 Å². The molecule has 6 heteroatoms. The van der Waals surface area contributed by atoms with Gasteiger partial charge in [0.1, 0.15) is 6.26 Å². The smallest absolute Gasteiger partial charge is 0.226 e. The Hall–Kier alpha value is -3.93. The second-order valence-electron chi connectivity index (χ2n) is 7.20. The van der Waals surface area contributed by atoms with Crippen molar-refractivity contribution < 1.29 is 4.42 Å². The zero-order chi connectivity index (χ0) is 21.5. The van der Waals surface area contributed by atoms with E-state index in [1.807, 2.05) is 48.5 Å². The van der Waals surface area contributed by atoms with Gasteiger partial charge in [-0.25, -0.2) is 4.98 Å². The Labute approximate surface area is 182 Å². The molecule has 0 aliphatic rings. The second kappa shape index (κ2) is 9.71. The van der Waals surface area contributed by atoms with Crippen molar-refractivity contribution in [3.63, 3.8) is 0 Å². The molecule has 156 valence electrons. The van der Waals surface area contributed by atoms with Gasteiger partial charge in [-0.1, -0.05) is 42.0 Å². The molecule has 6 nitrogen and oxygen atoms in total. The number of hydrogen-bond donors (Lipinski definition) is 2. The van der Waals surface area contributed by atoms with Gasteiger partial charge in [0.15, 0.2) is 5.96 Å². The van der Waals surface area contributed by atoms with E-state index < -0.39 is 0 Å². The Morgan fingerprint density at radius 3 is 2.55 bits per heavy atom. The lowest BCUT2D eigenvalue weighted by atomic mass is 10.1. The van der Waals surface area contributed by atoms with Gasteiger partial charge in [-0.05, 0) is 42.8 Å². The highest BCUT2D eigenvalue weighted by Gasteiger charge is 2.08. The Bertz CT molecular complexity index is 1150. The second-order valence-corrected chi connectivity index (χ2v) is 7.20. The van der Waals surface area contributed by atoms with Crippen LogP contribution in [0.3, 0.4) is 0 Å². The fourth-order valence-electron chi connectivity index (χ4n) is 3.17. The van der Waals surface area contributed by atoms with Crippen molar-refractivity contribution in [1.29, 1.82) is 0 Å². The maximum Gasteiger partial charge on any atom is 0.226 e. The molecule has 2 aromatic heterocycles. The molecule has 2 N–H and O–H groups in total. The third kappa shape index (κ3) is 5.36. The van der Waals surface area contributed by atoms with E-state index in [0.29, 0.717) is 24.9 Å². The van der Waals surface area contributed by atoms with Crippen LogP contribution in [-0.4, -0.2) is 23.0 Å². The molecule has 0 bridgehead atoms. The average molecular weight is 412 g/mol. The summed E-state index contributed by atoms with van der Waals surface area (Å²) in [5.41, 5.74) is 6.19. The summed E-state index contributed by atoms with van der Waals surface area (Å²) < 4.78 is 5.62. The van der Waals surface area contributed by atoms with Gasteiger partial charge in [0.05, 0.1) is 17.9 Å². The van der Waals surface area contributed by atoms with Crippen molar-refractivity contribution in [3.05, 3.63) is 96.0 Å². The molecule has 0 saturated heterocycles. The Kier molecular flexibility index (Phi) is 6.38. The summed E-state index contributed by atoms with van der Waals surface area (Å²) >= 11 is 0. The third-order valence-electron chi connectivity index (χ3n) is 4.86. The lowest BCUT2D eigenvalue weighted by Gasteiger charge is -2.11. The summed E-state index contributed by atoms with van der Waals surface area (Å²) in [6.45, 7) is 3.22. The largest absolute Gasteiger partial charge is 0.444 e. The topological polar surface area (TPSA) is 75.3 Å². The van der Waals surface area contributed by atoms with Crippen molar-refractivity contribution in [3.8, 4) is 22.7 Å². The molecule has 0 atom stereocenters. The van der Waals surface area contributed by atoms with E-state index >= 15 is 0 Å². The van der Waals surface area contributed by atoms with Gasteiger partial charge in [0, 0.05) is 30.9 Å². The maximum atomic E-state index is 5.62. The highest BCUT2D eigenvalue weighted by atomic mass is 16.3. The molecule has 2 aromatic carbocycles. The third-order valence-corrected chi connectivity index (χ3v) is 4.86. The Morgan fingerprint density at radius 1 is 0.935 bits per heavy atom. The number of aliphatic imine (C=N–C) groups is 1. The van der Waals surface area contributed by atoms with Crippen LogP contribution in [-0.2, 0) is 13.1 Å². The summed E-state index contributed by atoms with van der Waals surface area (Å²) in [7, 11) is 1.75. The minimum absolute atomic E-state index is 0.517. The molecule has 0 saturated carbocycles. The number of guanidine groups is 1. The first-order chi connectivity index (χ1) is 15.2. The molecular formula is C25H25N5O. The summed E-state index contributed by atoms with van der Waals surface area (Å²) in [6.07, 6.45) is 3.48. The number of nitrogens with zero attached hydrogens (tertiary/aromatic N) is 3. The molecule has 0 radical (unpaired) electrons. The standard InChI is InChI=1S/C25H25N5O/c1-18-9-11-20(12-10-18)24-30-22(17-31-24)16-29-25(26-2)28-15-19-6-5-7-21(14-19)23-8-3-4-13-27-23/h3-14,17H,15-16H2,1-2H3,(H2,26,28,29). The van der Waals surface area contributed by atoms with Gasteiger partial charge in [-0.2, -0.15) is 0 Å². The lowest BCUT2D eigenvalue weighted by Crippen LogP contribution is -2.36. The highest BCUT2D eigenvalue weighted by molar-refractivity contribution is 5.79. The predicted molar refractivity (Wildman–Crippen MR) is 123 cm³/mol. The normalized spacial score (nSPS) is 11.4. The van der Waals surface area contributed by atoms with Gasteiger partial charge in [-0.15, -0.1) is 0 Å². The van der Waals surface area contributed by atoms with Crippen LogP contribution in [0.25, 0.3) is 22.7 Å². The number of aromatic nitrogens is 2. The molecule has 0 unspecified atom stereocenters. The van der Waals surface area contributed by atoms with Crippen LogP contribution >= 0.6 is 0 Å². The summed E-state index contributed by atoms with van der Waals surface area (Å²) in [5, 5.41) is 6.62. The SMILES string of the molecule is CN=C(NCc1cccc(-c2ccccn2)c1)NCc1coc(-c2ccc(C)cc2)n1. The number of pyridine rings is 1. The van der Waals surface area contributed by atoms with Crippen molar-refractivity contribution >= 4 is 5.96 Å². The van der Waals surface area contributed by atoms with Crippen LogP contribution in [0, 0.1) is 6.92 Å². The van der Waals surface area contributed by atoms with Crippen LogP contribution in [0.1, 0.15) is 16.8 Å². The number of nitrogens with one attached hydrogen (secondary N) is 2. The van der Waals surface area contributed by atoms with E-state index in [4.69, 9.17) is 4.42 Å². The number of benzene rings is 2. The minimum Gasteiger partial charge on any atom is -0.444 e. The highest BCUT2D eigenvalue weighted by Crippen LogP contribution is 2.19. The van der Waals surface area contributed by atoms with E-state index in [9.17, 15) is 0 Å². The lowest BCUT2D eigenvalue weighted by molar-refractivity contribution is 0.572. The first-order valence-electron chi connectivity index (χ1n) is 10.2. The molecule has 4 rings (SSSR count).